The predicted molar refractivity (Wildman–Crippen MR) is 69.1 cm³/mol. The highest BCUT2D eigenvalue weighted by molar-refractivity contribution is 7.10. The normalized spacial score (nSPS) is 19.9. The average Bonchev–Trinajstić information content (AvgIpc) is 2.89. The first kappa shape index (κ1) is 11.8. The Labute approximate surface area is 109 Å². The third kappa shape index (κ3) is 2.43. The van der Waals surface area contributed by atoms with Crippen LogP contribution in [-0.2, 0) is 4.74 Å². The molecular weight excluding hydrogens is 251 g/mol. The number of benzene rings is 1. The van der Waals surface area contributed by atoms with E-state index in [2.05, 4.69) is 10.3 Å². The summed E-state index contributed by atoms with van der Waals surface area (Å²) < 4.78 is 18.8. The summed E-state index contributed by atoms with van der Waals surface area (Å²) >= 11 is 1.56. The first-order valence-corrected chi connectivity index (χ1v) is 6.74. The number of hydrogen-bond acceptors (Lipinski definition) is 4. The molecule has 3 nitrogen and oxygen atoms in total. The fourth-order valence-electron chi connectivity index (χ4n) is 1.94. The lowest BCUT2D eigenvalue weighted by molar-refractivity contribution is 0.0276. The van der Waals surface area contributed by atoms with Gasteiger partial charge in [0.1, 0.15) is 16.9 Å². The number of nitrogens with zero attached hydrogens (tertiary/aromatic N) is 1. The van der Waals surface area contributed by atoms with E-state index in [-0.39, 0.29) is 11.9 Å². The van der Waals surface area contributed by atoms with Crippen LogP contribution >= 0.6 is 11.3 Å². The molecule has 2 aromatic rings. The highest BCUT2D eigenvalue weighted by atomic mass is 32.1. The van der Waals surface area contributed by atoms with Crippen molar-refractivity contribution in [2.24, 2.45) is 0 Å². The third-order valence-electron chi connectivity index (χ3n) is 2.85. The van der Waals surface area contributed by atoms with Gasteiger partial charge in [-0.3, -0.25) is 0 Å². The minimum absolute atomic E-state index is 0.0195. The summed E-state index contributed by atoms with van der Waals surface area (Å²) in [6.45, 7) is 2.38. The molecular formula is C13H13FN2OS. The van der Waals surface area contributed by atoms with Gasteiger partial charge in [0.2, 0.25) is 0 Å². The van der Waals surface area contributed by atoms with Gasteiger partial charge in [-0.2, -0.15) is 0 Å². The Bertz CT molecular complexity index is 537. The Balaban J connectivity index is 1.84. The van der Waals surface area contributed by atoms with Crippen molar-refractivity contribution < 1.29 is 9.13 Å². The van der Waals surface area contributed by atoms with Gasteiger partial charge in [-0.25, -0.2) is 9.37 Å². The molecule has 1 atom stereocenters. The maximum atomic E-state index is 13.2. The second kappa shape index (κ2) is 5.14. The number of rotatable bonds is 2. The zero-order chi connectivity index (χ0) is 12.4. The van der Waals surface area contributed by atoms with Crippen LogP contribution in [-0.4, -0.2) is 24.7 Å². The molecule has 94 valence electrons. The van der Waals surface area contributed by atoms with Crippen LogP contribution in [0.2, 0.25) is 0 Å². The Morgan fingerprint density at radius 3 is 3.17 bits per heavy atom. The van der Waals surface area contributed by atoms with E-state index in [9.17, 15) is 4.39 Å². The van der Waals surface area contributed by atoms with Crippen molar-refractivity contribution in [3.63, 3.8) is 0 Å². The lowest BCUT2D eigenvalue weighted by Gasteiger charge is -2.21. The van der Waals surface area contributed by atoms with Crippen LogP contribution < -0.4 is 5.32 Å². The summed E-state index contributed by atoms with van der Waals surface area (Å²) in [6, 6.07) is 6.49. The minimum Gasteiger partial charge on any atom is -0.368 e. The molecule has 0 amide bonds. The van der Waals surface area contributed by atoms with Crippen LogP contribution in [0.15, 0.2) is 29.6 Å². The smallest absolute Gasteiger partial charge is 0.124 e. The first-order valence-electron chi connectivity index (χ1n) is 5.86. The number of ether oxygens (including phenoxy) is 1. The highest BCUT2D eigenvalue weighted by Crippen LogP contribution is 2.28. The van der Waals surface area contributed by atoms with E-state index in [4.69, 9.17) is 4.74 Å². The van der Waals surface area contributed by atoms with Gasteiger partial charge in [0, 0.05) is 24.0 Å². The Morgan fingerprint density at radius 1 is 1.44 bits per heavy atom. The lowest BCUT2D eigenvalue weighted by Crippen LogP contribution is -2.33. The molecule has 0 radical (unpaired) electrons. The summed E-state index contributed by atoms with van der Waals surface area (Å²) in [5, 5.41) is 6.17. The number of nitrogens with one attached hydrogen (secondary N) is 1. The SMILES string of the molecule is Fc1cccc(-c2csc(C3CNCCO3)n2)c1. The largest absolute Gasteiger partial charge is 0.368 e. The molecule has 1 aliphatic rings. The maximum Gasteiger partial charge on any atom is 0.124 e. The van der Waals surface area contributed by atoms with Gasteiger partial charge in [-0.05, 0) is 12.1 Å². The quantitative estimate of drug-likeness (QED) is 0.905. The van der Waals surface area contributed by atoms with Crippen molar-refractivity contribution in [2.75, 3.05) is 19.7 Å². The fourth-order valence-corrected chi connectivity index (χ4v) is 2.82. The van der Waals surface area contributed by atoms with Gasteiger partial charge in [-0.1, -0.05) is 12.1 Å². The van der Waals surface area contributed by atoms with Crippen LogP contribution in [0.4, 0.5) is 4.39 Å². The van der Waals surface area contributed by atoms with Crippen molar-refractivity contribution >= 4 is 11.3 Å². The van der Waals surface area contributed by atoms with E-state index in [1.54, 1.807) is 17.4 Å². The van der Waals surface area contributed by atoms with Gasteiger partial charge in [0.05, 0.1) is 12.3 Å². The van der Waals surface area contributed by atoms with E-state index >= 15 is 0 Å². The monoisotopic (exact) mass is 264 g/mol. The van der Waals surface area contributed by atoms with E-state index in [0.29, 0.717) is 6.61 Å². The summed E-state index contributed by atoms with van der Waals surface area (Å²) in [5.41, 5.74) is 1.62. The molecule has 0 aliphatic carbocycles. The molecule has 0 bridgehead atoms. The molecule has 1 N–H and O–H groups in total. The predicted octanol–water partition coefficient (Wildman–Crippen LogP) is 2.61. The molecule has 1 aromatic carbocycles. The second-order valence-corrected chi connectivity index (χ2v) is 5.03. The molecule has 2 heterocycles. The lowest BCUT2D eigenvalue weighted by atomic mass is 10.2. The van der Waals surface area contributed by atoms with E-state index in [1.165, 1.54) is 12.1 Å². The maximum absolute atomic E-state index is 13.2. The molecule has 1 unspecified atom stereocenters. The molecule has 1 aromatic heterocycles. The molecule has 1 aliphatic heterocycles. The molecule has 3 rings (SSSR count). The average molecular weight is 264 g/mol. The molecule has 18 heavy (non-hydrogen) atoms. The van der Waals surface area contributed by atoms with Crippen LogP contribution in [0, 0.1) is 5.82 Å². The van der Waals surface area contributed by atoms with E-state index < -0.39 is 0 Å². The number of morpholine rings is 1. The van der Waals surface area contributed by atoms with Crippen molar-refractivity contribution in [1.29, 1.82) is 0 Å². The van der Waals surface area contributed by atoms with Gasteiger partial charge < -0.3 is 10.1 Å². The van der Waals surface area contributed by atoms with Crippen molar-refractivity contribution in [1.82, 2.24) is 10.3 Å². The highest BCUT2D eigenvalue weighted by Gasteiger charge is 2.19. The zero-order valence-corrected chi connectivity index (χ0v) is 10.5. The number of hydrogen-bond donors (Lipinski definition) is 1. The Morgan fingerprint density at radius 2 is 2.39 bits per heavy atom. The second-order valence-electron chi connectivity index (χ2n) is 4.14. The summed E-state index contributed by atoms with van der Waals surface area (Å²) in [7, 11) is 0. The summed E-state index contributed by atoms with van der Waals surface area (Å²) in [5.74, 6) is -0.238. The van der Waals surface area contributed by atoms with Crippen molar-refractivity contribution in [2.45, 2.75) is 6.10 Å². The van der Waals surface area contributed by atoms with Crippen molar-refractivity contribution in [3.8, 4) is 11.3 Å². The Hall–Kier alpha value is -1.30. The minimum atomic E-state index is -0.238. The standard InChI is InChI=1S/C13H13FN2OS/c14-10-3-1-2-9(6-10)11-8-18-13(16-11)12-7-15-4-5-17-12/h1-3,6,8,12,15H,4-5,7H2. The van der Waals surface area contributed by atoms with Crippen molar-refractivity contribution in [3.05, 3.63) is 40.5 Å². The Kier molecular flexibility index (Phi) is 3.36. The first-order chi connectivity index (χ1) is 8.83. The summed E-state index contributed by atoms with van der Waals surface area (Å²) in [4.78, 5) is 4.53. The molecule has 5 heteroatoms. The van der Waals surface area contributed by atoms with Crippen LogP contribution in [0.5, 0.6) is 0 Å². The van der Waals surface area contributed by atoms with Gasteiger partial charge >= 0.3 is 0 Å². The van der Waals surface area contributed by atoms with Crippen LogP contribution in [0.25, 0.3) is 11.3 Å². The molecule has 0 saturated carbocycles. The molecule has 1 fully saturated rings. The molecule has 1 saturated heterocycles. The topological polar surface area (TPSA) is 34.1 Å². The van der Waals surface area contributed by atoms with Crippen LogP contribution in [0.3, 0.4) is 0 Å². The fraction of sp³-hybridized carbons (Fsp3) is 0.308. The number of thiazole rings is 1. The van der Waals surface area contributed by atoms with E-state index in [1.807, 2.05) is 11.4 Å². The summed E-state index contributed by atoms with van der Waals surface area (Å²) in [6.07, 6.45) is 0.0195. The van der Waals surface area contributed by atoms with E-state index in [0.717, 1.165) is 29.4 Å². The van der Waals surface area contributed by atoms with Gasteiger partial charge in [0.15, 0.2) is 0 Å². The number of halogens is 1. The third-order valence-corrected chi connectivity index (χ3v) is 3.78. The number of aromatic nitrogens is 1. The van der Waals surface area contributed by atoms with Crippen LogP contribution in [0.1, 0.15) is 11.1 Å². The molecule has 0 spiro atoms. The zero-order valence-electron chi connectivity index (χ0n) is 9.73. The van der Waals surface area contributed by atoms with Gasteiger partial charge in [0.25, 0.3) is 0 Å². The van der Waals surface area contributed by atoms with Gasteiger partial charge in [-0.15, -0.1) is 11.3 Å².